The summed E-state index contributed by atoms with van der Waals surface area (Å²) in [6.45, 7) is 1.30. The molecule has 5 unspecified atom stereocenters. The van der Waals surface area contributed by atoms with Crippen molar-refractivity contribution in [3.8, 4) is 0 Å². The van der Waals surface area contributed by atoms with E-state index in [1.54, 1.807) is 30.3 Å². The van der Waals surface area contributed by atoms with Gasteiger partial charge in [-0.1, -0.05) is 35.9 Å². The van der Waals surface area contributed by atoms with Gasteiger partial charge < -0.3 is 19.7 Å². The molecule has 5 atom stereocenters. The molecule has 23 heavy (non-hydrogen) atoms. The molecule has 3 fully saturated rings. The number of rotatable bonds is 3. The molecular weight excluding hydrogens is 316 g/mol. The highest BCUT2D eigenvalue weighted by atomic mass is 35.5. The SMILES string of the molecule is OC(C=CC1CC2C(CC23OCCO3)C1O)c1ccc(Cl)cc1. The van der Waals surface area contributed by atoms with E-state index in [-0.39, 0.29) is 23.9 Å². The highest BCUT2D eigenvalue weighted by molar-refractivity contribution is 6.30. The third kappa shape index (κ3) is 2.63. The largest absolute Gasteiger partial charge is 0.392 e. The molecule has 5 heteroatoms. The number of aliphatic hydroxyl groups is 2. The topological polar surface area (TPSA) is 58.9 Å². The van der Waals surface area contributed by atoms with Crippen molar-refractivity contribution in [2.24, 2.45) is 17.8 Å². The first-order valence-electron chi connectivity index (χ1n) is 8.17. The maximum absolute atomic E-state index is 10.5. The minimum absolute atomic E-state index is 0.0409. The van der Waals surface area contributed by atoms with Crippen LogP contribution < -0.4 is 0 Å². The lowest BCUT2D eigenvalue weighted by atomic mass is 9.69. The second-order valence-corrected chi connectivity index (χ2v) is 7.19. The molecule has 2 saturated carbocycles. The first kappa shape index (κ1) is 15.6. The fourth-order valence-electron chi connectivity index (χ4n) is 4.26. The van der Waals surface area contributed by atoms with Crippen LogP contribution in [0.3, 0.4) is 0 Å². The zero-order valence-corrected chi connectivity index (χ0v) is 13.5. The van der Waals surface area contributed by atoms with Gasteiger partial charge in [0.2, 0.25) is 0 Å². The Kier molecular flexibility index (Phi) is 3.98. The lowest BCUT2D eigenvalue weighted by molar-refractivity contribution is -0.275. The minimum Gasteiger partial charge on any atom is -0.392 e. The minimum atomic E-state index is -0.689. The Hall–Kier alpha value is -0.910. The van der Waals surface area contributed by atoms with Gasteiger partial charge in [-0.15, -0.1) is 0 Å². The highest BCUT2D eigenvalue weighted by Crippen LogP contribution is 2.59. The van der Waals surface area contributed by atoms with Crippen LogP contribution in [0.2, 0.25) is 5.02 Å². The third-order valence-corrected chi connectivity index (χ3v) is 5.79. The van der Waals surface area contributed by atoms with E-state index in [9.17, 15) is 10.2 Å². The molecular formula is C18H21ClO4. The number of benzene rings is 1. The van der Waals surface area contributed by atoms with Crippen LogP contribution in [0.25, 0.3) is 0 Å². The van der Waals surface area contributed by atoms with Crippen LogP contribution in [0.1, 0.15) is 24.5 Å². The Labute approximate surface area is 140 Å². The van der Waals surface area contributed by atoms with E-state index < -0.39 is 11.9 Å². The van der Waals surface area contributed by atoms with Gasteiger partial charge >= 0.3 is 0 Å². The van der Waals surface area contributed by atoms with Crippen LogP contribution >= 0.6 is 11.6 Å². The van der Waals surface area contributed by atoms with E-state index >= 15 is 0 Å². The highest BCUT2D eigenvalue weighted by Gasteiger charge is 2.64. The molecule has 1 aromatic rings. The van der Waals surface area contributed by atoms with Crippen LogP contribution in [0.15, 0.2) is 36.4 Å². The summed E-state index contributed by atoms with van der Waals surface area (Å²) < 4.78 is 11.5. The summed E-state index contributed by atoms with van der Waals surface area (Å²) in [4.78, 5) is 0. The number of aliphatic hydroxyl groups excluding tert-OH is 2. The summed E-state index contributed by atoms with van der Waals surface area (Å²) in [5.74, 6) is 0.111. The van der Waals surface area contributed by atoms with E-state index in [4.69, 9.17) is 21.1 Å². The summed E-state index contributed by atoms with van der Waals surface area (Å²) >= 11 is 5.86. The second kappa shape index (κ2) is 5.87. The van der Waals surface area contributed by atoms with Crippen LogP contribution in [-0.4, -0.2) is 35.3 Å². The Morgan fingerprint density at radius 2 is 1.91 bits per heavy atom. The zero-order chi connectivity index (χ0) is 16.0. The number of fused-ring (bicyclic) bond motifs is 2. The fraction of sp³-hybridized carbons (Fsp3) is 0.556. The van der Waals surface area contributed by atoms with Crippen molar-refractivity contribution in [1.29, 1.82) is 0 Å². The average Bonchev–Trinajstić information content (AvgIpc) is 3.12. The van der Waals surface area contributed by atoms with Crippen molar-refractivity contribution in [1.82, 2.24) is 0 Å². The Balaban J connectivity index is 1.42. The molecule has 1 saturated heterocycles. The molecule has 0 amide bonds. The van der Waals surface area contributed by atoms with Gasteiger partial charge in [0.25, 0.3) is 0 Å². The summed E-state index contributed by atoms with van der Waals surface area (Å²) in [6.07, 6.45) is 4.24. The van der Waals surface area contributed by atoms with Crippen LogP contribution in [-0.2, 0) is 9.47 Å². The maximum atomic E-state index is 10.5. The molecule has 1 aliphatic heterocycles. The molecule has 1 heterocycles. The molecule has 2 aliphatic carbocycles. The summed E-state index contributed by atoms with van der Waals surface area (Å²) in [5, 5.41) is 21.4. The first-order valence-corrected chi connectivity index (χ1v) is 8.55. The van der Waals surface area contributed by atoms with Crippen molar-refractivity contribution in [3.63, 3.8) is 0 Å². The molecule has 4 nitrogen and oxygen atoms in total. The lowest BCUT2D eigenvalue weighted by Gasteiger charge is -2.48. The second-order valence-electron chi connectivity index (χ2n) is 6.75. The Bertz CT molecular complexity index is 594. The fourth-order valence-corrected chi connectivity index (χ4v) is 4.39. The van der Waals surface area contributed by atoms with Gasteiger partial charge in [-0.05, 0) is 30.0 Å². The molecule has 4 rings (SSSR count). The van der Waals surface area contributed by atoms with Crippen LogP contribution in [0.5, 0.6) is 0 Å². The van der Waals surface area contributed by atoms with Gasteiger partial charge in [0, 0.05) is 23.3 Å². The van der Waals surface area contributed by atoms with Gasteiger partial charge in [0.1, 0.15) is 0 Å². The van der Waals surface area contributed by atoms with Gasteiger partial charge in [0.15, 0.2) is 5.79 Å². The first-order chi connectivity index (χ1) is 11.1. The summed E-state index contributed by atoms with van der Waals surface area (Å²) in [7, 11) is 0. The molecule has 1 spiro atoms. The van der Waals surface area contributed by atoms with Crippen molar-refractivity contribution in [3.05, 3.63) is 47.0 Å². The zero-order valence-electron chi connectivity index (χ0n) is 12.8. The van der Waals surface area contributed by atoms with Gasteiger partial charge in [-0.2, -0.15) is 0 Å². The Morgan fingerprint density at radius 3 is 2.61 bits per heavy atom. The lowest BCUT2D eigenvalue weighted by Crippen LogP contribution is -2.54. The van der Waals surface area contributed by atoms with Crippen molar-refractivity contribution in [2.45, 2.75) is 30.8 Å². The normalized spacial score (nSPS) is 36.3. The molecule has 124 valence electrons. The molecule has 0 bridgehead atoms. The molecule has 2 N–H and O–H groups in total. The van der Waals surface area contributed by atoms with Crippen molar-refractivity contribution < 1.29 is 19.7 Å². The third-order valence-electron chi connectivity index (χ3n) is 5.53. The quantitative estimate of drug-likeness (QED) is 0.833. The monoisotopic (exact) mass is 336 g/mol. The van der Waals surface area contributed by atoms with E-state index in [1.807, 2.05) is 6.08 Å². The van der Waals surface area contributed by atoms with E-state index in [1.165, 1.54) is 0 Å². The summed E-state index contributed by atoms with van der Waals surface area (Å²) in [5.41, 5.74) is 0.792. The van der Waals surface area contributed by atoms with Crippen molar-refractivity contribution in [2.75, 3.05) is 13.2 Å². The van der Waals surface area contributed by atoms with Crippen LogP contribution in [0, 0.1) is 17.8 Å². The Morgan fingerprint density at radius 1 is 1.22 bits per heavy atom. The number of hydrogen-bond acceptors (Lipinski definition) is 4. The number of hydrogen-bond donors (Lipinski definition) is 2. The predicted octanol–water partition coefficient (Wildman–Crippen LogP) is 2.69. The average molecular weight is 337 g/mol. The van der Waals surface area contributed by atoms with Crippen molar-refractivity contribution >= 4 is 11.6 Å². The molecule has 0 aromatic heterocycles. The molecule has 0 radical (unpaired) electrons. The number of ether oxygens (including phenoxy) is 2. The van der Waals surface area contributed by atoms with E-state index in [2.05, 4.69) is 0 Å². The molecule has 3 aliphatic rings. The van der Waals surface area contributed by atoms with Crippen LogP contribution in [0.4, 0.5) is 0 Å². The standard InChI is InChI=1S/C18H21ClO4/c19-13-4-1-11(2-5-13)16(20)6-3-12-9-15-14(17(12)21)10-18(15)22-7-8-23-18/h1-6,12,14-17,20-21H,7-10H2. The predicted molar refractivity (Wildman–Crippen MR) is 85.9 cm³/mol. The smallest absolute Gasteiger partial charge is 0.172 e. The van der Waals surface area contributed by atoms with Gasteiger partial charge in [-0.3, -0.25) is 0 Å². The van der Waals surface area contributed by atoms with Gasteiger partial charge in [0.05, 0.1) is 25.4 Å². The van der Waals surface area contributed by atoms with E-state index in [0.717, 1.165) is 18.4 Å². The summed E-state index contributed by atoms with van der Waals surface area (Å²) in [6, 6.07) is 7.14. The molecule has 1 aromatic carbocycles. The van der Waals surface area contributed by atoms with Gasteiger partial charge in [-0.25, -0.2) is 0 Å². The maximum Gasteiger partial charge on any atom is 0.172 e. The number of halogens is 1. The van der Waals surface area contributed by atoms with E-state index in [0.29, 0.717) is 18.2 Å².